The second-order valence-corrected chi connectivity index (χ2v) is 5.69. The molecule has 2 N–H and O–H groups in total. The van der Waals surface area contributed by atoms with Crippen LogP contribution in [0.5, 0.6) is 0 Å². The predicted molar refractivity (Wildman–Crippen MR) is 79.8 cm³/mol. The second-order valence-electron chi connectivity index (χ2n) is 5.69. The third kappa shape index (κ3) is 3.58. The number of hydrogen-bond acceptors (Lipinski definition) is 3. The van der Waals surface area contributed by atoms with Gasteiger partial charge in [0.2, 0.25) is 0 Å². The molecule has 0 aromatic heterocycles. The molecular formula is C16H24N2O2. The third-order valence-corrected chi connectivity index (χ3v) is 3.98. The average Bonchev–Trinajstić information content (AvgIpc) is 2.43. The quantitative estimate of drug-likeness (QED) is 0.823. The first kappa shape index (κ1) is 15.0. The summed E-state index contributed by atoms with van der Waals surface area (Å²) in [5.74, 6) is 0.529. The Labute approximate surface area is 120 Å². The smallest absolute Gasteiger partial charge is 0.253 e. The van der Waals surface area contributed by atoms with Gasteiger partial charge in [0.05, 0.1) is 6.10 Å². The predicted octanol–water partition coefficient (Wildman–Crippen LogP) is 1.29. The van der Waals surface area contributed by atoms with Crippen LogP contribution in [0.25, 0.3) is 0 Å². The molecule has 110 valence electrons. The van der Waals surface area contributed by atoms with E-state index in [1.165, 1.54) is 0 Å². The van der Waals surface area contributed by atoms with Crippen LogP contribution in [-0.4, -0.2) is 49.2 Å². The summed E-state index contributed by atoms with van der Waals surface area (Å²) in [5, 5.41) is 12.4. The molecule has 1 aromatic carbocycles. The molecule has 4 heteroatoms. The normalized spacial score (nSPS) is 21.4. The van der Waals surface area contributed by atoms with E-state index in [0.717, 1.165) is 43.5 Å². The Morgan fingerprint density at radius 2 is 2.10 bits per heavy atom. The first-order valence-electron chi connectivity index (χ1n) is 7.28. The number of nitrogens with one attached hydrogen (secondary N) is 1. The molecule has 1 aliphatic carbocycles. The fourth-order valence-corrected chi connectivity index (χ4v) is 2.73. The van der Waals surface area contributed by atoms with Gasteiger partial charge in [0.1, 0.15) is 0 Å². The zero-order valence-electron chi connectivity index (χ0n) is 12.3. The molecule has 0 aliphatic heterocycles. The molecule has 1 aliphatic rings. The van der Waals surface area contributed by atoms with Crippen molar-refractivity contribution in [3.8, 4) is 0 Å². The Kier molecular flexibility index (Phi) is 5.15. The summed E-state index contributed by atoms with van der Waals surface area (Å²) < 4.78 is 0. The van der Waals surface area contributed by atoms with Gasteiger partial charge in [0, 0.05) is 19.2 Å². The van der Waals surface area contributed by atoms with E-state index in [0.29, 0.717) is 5.92 Å². The summed E-state index contributed by atoms with van der Waals surface area (Å²) in [4.78, 5) is 14.3. The molecule has 1 amide bonds. The summed E-state index contributed by atoms with van der Waals surface area (Å²) in [6.07, 6.45) is 2.33. The number of rotatable bonds is 6. The van der Waals surface area contributed by atoms with Gasteiger partial charge in [-0.1, -0.05) is 18.2 Å². The molecule has 0 atom stereocenters. The van der Waals surface area contributed by atoms with E-state index in [9.17, 15) is 9.90 Å². The molecule has 2 rings (SSSR count). The molecule has 0 heterocycles. The molecular weight excluding hydrogens is 252 g/mol. The Morgan fingerprint density at radius 3 is 2.75 bits per heavy atom. The maximum Gasteiger partial charge on any atom is 0.253 e. The van der Waals surface area contributed by atoms with Crippen molar-refractivity contribution in [3.63, 3.8) is 0 Å². The van der Waals surface area contributed by atoms with Gasteiger partial charge in [0.25, 0.3) is 5.91 Å². The highest BCUT2D eigenvalue weighted by Crippen LogP contribution is 2.28. The van der Waals surface area contributed by atoms with Gasteiger partial charge in [-0.2, -0.15) is 0 Å². The lowest BCUT2D eigenvalue weighted by molar-refractivity contribution is 0.0265. The van der Waals surface area contributed by atoms with Gasteiger partial charge < -0.3 is 15.3 Å². The number of likely N-dealkylation sites (N-methyl/N-ethyl adjacent to an activating group) is 1. The number of aliphatic hydroxyl groups is 1. The molecule has 0 radical (unpaired) electrons. The first-order valence-corrected chi connectivity index (χ1v) is 7.28. The number of aliphatic hydroxyl groups excluding tert-OH is 1. The molecule has 20 heavy (non-hydrogen) atoms. The van der Waals surface area contributed by atoms with Crippen molar-refractivity contribution in [1.82, 2.24) is 10.2 Å². The number of carbonyl (C=O) groups excluding carboxylic acids is 1. The van der Waals surface area contributed by atoms with Gasteiger partial charge >= 0.3 is 0 Å². The minimum absolute atomic E-state index is 0.0816. The van der Waals surface area contributed by atoms with Gasteiger partial charge in [-0.05, 0) is 50.4 Å². The Balaban J connectivity index is 2.00. The van der Waals surface area contributed by atoms with Crippen LogP contribution in [-0.2, 0) is 6.42 Å². The molecule has 0 bridgehead atoms. The lowest BCUT2D eigenvalue weighted by Crippen LogP contribution is -2.39. The van der Waals surface area contributed by atoms with E-state index >= 15 is 0 Å². The third-order valence-electron chi connectivity index (χ3n) is 3.98. The lowest BCUT2D eigenvalue weighted by atomic mass is 9.82. The second kappa shape index (κ2) is 6.86. The lowest BCUT2D eigenvalue weighted by Gasteiger charge is -2.34. The van der Waals surface area contributed by atoms with Crippen LogP contribution in [0.15, 0.2) is 24.3 Å². The standard InChI is InChI=1S/C16H24N2O2/c1-17-8-7-13-5-3-4-6-15(13)16(20)18(2)11-12-9-14(19)10-12/h3-6,12,14,17,19H,7-11H2,1-2H3. The molecule has 0 saturated heterocycles. The summed E-state index contributed by atoms with van der Waals surface area (Å²) in [6, 6.07) is 7.81. The van der Waals surface area contributed by atoms with Crippen LogP contribution < -0.4 is 5.32 Å². The summed E-state index contributed by atoms with van der Waals surface area (Å²) in [7, 11) is 3.76. The van der Waals surface area contributed by atoms with Crippen LogP contribution in [0.4, 0.5) is 0 Å². The fraction of sp³-hybridized carbons (Fsp3) is 0.562. The first-order chi connectivity index (χ1) is 9.61. The van der Waals surface area contributed by atoms with E-state index in [1.54, 1.807) is 4.90 Å². The van der Waals surface area contributed by atoms with Crippen LogP contribution in [0.1, 0.15) is 28.8 Å². The summed E-state index contributed by atoms with van der Waals surface area (Å²) in [5.41, 5.74) is 1.89. The van der Waals surface area contributed by atoms with Gasteiger partial charge in [-0.15, -0.1) is 0 Å². The van der Waals surface area contributed by atoms with Crippen LogP contribution >= 0.6 is 0 Å². The van der Waals surface area contributed by atoms with Crippen molar-refractivity contribution in [2.24, 2.45) is 5.92 Å². The summed E-state index contributed by atoms with van der Waals surface area (Å²) >= 11 is 0. The fourth-order valence-electron chi connectivity index (χ4n) is 2.73. The highest BCUT2D eigenvalue weighted by molar-refractivity contribution is 5.95. The topological polar surface area (TPSA) is 52.6 Å². The Hall–Kier alpha value is -1.39. The number of amides is 1. The van der Waals surface area contributed by atoms with Gasteiger partial charge in [-0.3, -0.25) is 4.79 Å². The minimum atomic E-state index is -0.161. The molecule has 0 unspecified atom stereocenters. The number of hydrogen-bond donors (Lipinski definition) is 2. The minimum Gasteiger partial charge on any atom is -0.393 e. The van der Waals surface area contributed by atoms with Crippen molar-refractivity contribution in [2.75, 3.05) is 27.2 Å². The number of benzene rings is 1. The Morgan fingerprint density at radius 1 is 1.40 bits per heavy atom. The maximum absolute atomic E-state index is 12.5. The van der Waals surface area contributed by atoms with Crippen LogP contribution in [0, 0.1) is 5.92 Å². The average molecular weight is 276 g/mol. The van der Waals surface area contributed by atoms with E-state index in [1.807, 2.05) is 38.4 Å². The van der Waals surface area contributed by atoms with Crippen molar-refractivity contribution < 1.29 is 9.90 Å². The highest BCUT2D eigenvalue weighted by atomic mass is 16.3. The summed E-state index contributed by atoms with van der Waals surface area (Å²) in [6.45, 7) is 1.60. The number of carbonyl (C=O) groups is 1. The largest absolute Gasteiger partial charge is 0.393 e. The zero-order chi connectivity index (χ0) is 14.5. The SMILES string of the molecule is CNCCc1ccccc1C(=O)N(C)CC1CC(O)C1. The molecule has 4 nitrogen and oxygen atoms in total. The molecule has 0 spiro atoms. The van der Waals surface area contributed by atoms with E-state index < -0.39 is 0 Å². The van der Waals surface area contributed by atoms with Gasteiger partial charge in [-0.25, -0.2) is 0 Å². The molecule has 1 saturated carbocycles. The highest BCUT2D eigenvalue weighted by Gasteiger charge is 2.29. The van der Waals surface area contributed by atoms with Crippen molar-refractivity contribution >= 4 is 5.91 Å². The van der Waals surface area contributed by atoms with Crippen LogP contribution in [0.2, 0.25) is 0 Å². The van der Waals surface area contributed by atoms with Crippen molar-refractivity contribution in [2.45, 2.75) is 25.4 Å². The van der Waals surface area contributed by atoms with Crippen molar-refractivity contribution in [3.05, 3.63) is 35.4 Å². The van der Waals surface area contributed by atoms with E-state index in [2.05, 4.69) is 5.32 Å². The van der Waals surface area contributed by atoms with E-state index in [4.69, 9.17) is 0 Å². The maximum atomic E-state index is 12.5. The molecule has 1 aromatic rings. The van der Waals surface area contributed by atoms with Gasteiger partial charge in [0.15, 0.2) is 0 Å². The number of nitrogens with zero attached hydrogens (tertiary/aromatic N) is 1. The van der Waals surface area contributed by atoms with Crippen LogP contribution in [0.3, 0.4) is 0 Å². The van der Waals surface area contributed by atoms with E-state index in [-0.39, 0.29) is 12.0 Å². The molecule has 1 fully saturated rings. The van der Waals surface area contributed by atoms with Crippen molar-refractivity contribution in [1.29, 1.82) is 0 Å². The zero-order valence-corrected chi connectivity index (χ0v) is 12.3. The Bertz CT molecular complexity index is 456. The monoisotopic (exact) mass is 276 g/mol.